The quantitative estimate of drug-likeness (QED) is 0.869. The van der Waals surface area contributed by atoms with E-state index < -0.39 is 23.7 Å². The molecule has 2 heterocycles. The number of carbonyl (C=O) groups excluding carboxylic acids is 1. The van der Waals surface area contributed by atoms with E-state index in [9.17, 15) is 18.7 Å². The summed E-state index contributed by atoms with van der Waals surface area (Å²) in [6, 6.07) is 8.78. The van der Waals surface area contributed by atoms with Crippen molar-refractivity contribution in [2.45, 2.75) is 25.0 Å². The molecule has 2 aromatic rings. The zero-order valence-electron chi connectivity index (χ0n) is 13.4. The zero-order valence-corrected chi connectivity index (χ0v) is 13.4. The van der Waals surface area contributed by atoms with Crippen LogP contribution in [0.1, 0.15) is 34.0 Å². The Bertz CT molecular complexity index is 819. The zero-order chi connectivity index (χ0) is 17.6. The van der Waals surface area contributed by atoms with Crippen LogP contribution < -0.4 is 4.90 Å². The molecule has 25 heavy (non-hydrogen) atoms. The van der Waals surface area contributed by atoms with E-state index in [2.05, 4.69) is 0 Å². The number of nitrogens with zero attached hydrogens (tertiary/aromatic N) is 1. The van der Waals surface area contributed by atoms with Gasteiger partial charge >= 0.3 is 5.97 Å². The number of aliphatic hydroxyl groups excluding tert-OH is 1. The van der Waals surface area contributed by atoms with Gasteiger partial charge in [-0.15, -0.1) is 0 Å². The third-order valence-corrected chi connectivity index (χ3v) is 4.72. The van der Waals surface area contributed by atoms with Gasteiger partial charge in [-0.05, 0) is 36.2 Å². The van der Waals surface area contributed by atoms with E-state index in [0.717, 1.165) is 23.9 Å². The predicted molar refractivity (Wildman–Crippen MR) is 87.5 cm³/mol. The summed E-state index contributed by atoms with van der Waals surface area (Å²) in [6.07, 6.45) is 0.0163. The third-order valence-electron chi connectivity index (χ3n) is 4.72. The molecule has 1 fully saturated rings. The van der Waals surface area contributed by atoms with E-state index in [1.807, 2.05) is 17.0 Å². The number of benzene rings is 2. The van der Waals surface area contributed by atoms with Gasteiger partial charge < -0.3 is 14.7 Å². The van der Waals surface area contributed by atoms with Gasteiger partial charge in [-0.1, -0.05) is 6.07 Å². The Kier molecular flexibility index (Phi) is 3.92. The maximum Gasteiger partial charge on any atom is 0.339 e. The number of β-amino-alcohol motifs (C(OH)–C–C–N with tert-alkyl or cyclic N) is 1. The average molecular weight is 345 g/mol. The molecule has 130 valence electrons. The number of fused-ring (bicyclic) bond motifs is 1. The first-order chi connectivity index (χ1) is 12.0. The second kappa shape index (κ2) is 6.11. The van der Waals surface area contributed by atoms with Crippen molar-refractivity contribution >= 4 is 11.7 Å². The van der Waals surface area contributed by atoms with Crippen LogP contribution in [0.4, 0.5) is 14.5 Å². The first kappa shape index (κ1) is 16.0. The van der Waals surface area contributed by atoms with Gasteiger partial charge in [-0.2, -0.15) is 0 Å². The van der Waals surface area contributed by atoms with Crippen LogP contribution in [0.2, 0.25) is 0 Å². The van der Waals surface area contributed by atoms with E-state index >= 15 is 0 Å². The lowest BCUT2D eigenvalue weighted by Gasteiger charge is -2.18. The van der Waals surface area contributed by atoms with Crippen LogP contribution in [0.5, 0.6) is 0 Å². The fourth-order valence-electron chi connectivity index (χ4n) is 3.53. The molecule has 2 aromatic carbocycles. The molecule has 6 heteroatoms. The van der Waals surface area contributed by atoms with Crippen LogP contribution in [-0.2, 0) is 11.2 Å². The maximum absolute atomic E-state index is 13.4. The highest BCUT2D eigenvalue weighted by atomic mass is 19.1. The minimum atomic E-state index is -0.650. The number of halogens is 2. The minimum Gasteiger partial charge on any atom is -0.454 e. The normalized spacial score (nSPS) is 22.2. The van der Waals surface area contributed by atoms with E-state index in [0.29, 0.717) is 24.1 Å². The molecule has 0 bridgehead atoms. The topological polar surface area (TPSA) is 49.8 Å². The van der Waals surface area contributed by atoms with Crippen molar-refractivity contribution in [1.82, 2.24) is 0 Å². The smallest absolute Gasteiger partial charge is 0.339 e. The fourth-order valence-corrected chi connectivity index (χ4v) is 3.53. The van der Waals surface area contributed by atoms with Crippen LogP contribution in [0.15, 0.2) is 36.4 Å². The number of ether oxygens (including phenoxy) is 1. The Hall–Kier alpha value is -2.47. The number of esters is 1. The molecule has 2 aliphatic heterocycles. The first-order valence-electron chi connectivity index (χ1n) is 8.22. The Morgan fingerprint density at radius 3 is 2.60 bits per heavy atom. The van der Waals surface area contributed by atoms with Gasteiger partial charge in [-0.25, -0.2) is 13.6 Å². The van der Waals surface area contributed by atoms with Gasteiger partial charge in [0.1, 0.15) is 17.7 Å². The first-order valence-corrected chi connectivity index (χ1v) is 8.22. The molecule has 0 aromatic heterocycles. The van der Waals surface area contributed by atoms with Gasteiger partial charge in [0, 0.05) is 36.8 Å². The molecule has 1 N–H and O–H groups in total. The highest BCUT2D eigenvalue weighted by molar-refractivity contribution is 5.95. The Balaban J connectivity index is 1.59. The lowest BCUT2D eigenvalue weighted by atomic mass is 9.98. The average Bonchev–Trinajstić information content (AvgIpc) is 3.11. The Morgan fingerprint density at radius 1 is 1.16 bits per heavy atom. The number of anilines is 1. The molecular weight excluding hydrogens is 328 g/mol. The van der Waals surface area contributed by atoms with Crippen molar-refractivity contribution in [3.05, 3.63) is 64.7 Å². The standard InChI is InChI=1S/C19H17F2NO3/c20-12-5-11(6-13(21)8-12)7-18-16-2-1-14(9-17(16)19(24)25-18)22-4-3-15(23)10-22/h1-2,5-6,8-9,15,18,23H,3-4,7,10H2/t15-,18?/m1/s1. The summed E-state index contributed by atoms with van der Waals surface area (Å²) in [5.41, 5.74) is 2.50. The van der Waals surface area contributed by atoms with Gasteiger partial charge in [0.2, 0.25) is 0 Å². The summed E-state index contributed by atoms with van der Waals surface area (Å²) in [5.74, 6) is -1.73. The van der Waals surface area contributed by atoms with Crippen molar-refractivity contribution in [3.8, 4) is 0 Å². The molecular formula is C19H17F2NO3. The van der Waals surface area contributed by atoms with E-state index in [-0.39, 0.29) is 12.5 Å². The van der Waals surface area contributed by atoms with Gasteiger partial charge in [0.25, 0.3) is 0 Å². The Morgan fingerprint density at radius 2 is 1.92 bits per heavy atom. The molecule has 0 amide bonds. The minimum absolute atomic E-state index is 0.217. The summed E-state index contributed by atoms with van der Waals surface area (Å²) in [6.45, 7) is 1.28. The number of hydrogen-bond donors (Lipinski definition) is 1. The van der Waals surface area contributed by atoms with Crippen LogP contribution >= 0.6 is 0 Å². The fraction of sp³-hybridized carbons (Fsp3) is 0.316. The van der Waals surface area contributed by atoms with Crippen molar-refractivity contribution in [3.63, 3.8) is 0 Å². The van der Waals surface area contributed by atoms with Gasteiger partial charge in [-0.3, -0.25) is 0 Å². The molecule has 0 radical (unpaired) electrons. The SMILES string of the molecule is O=C1OC(Cc2cc(F)cc(F)c2)c2ccc(N3CC[C@@H](O)C3)cc21. The maximum atomic E-state index is 13.4. The van der Waals surface area contributed by atoms with Gasteiger partial charge in [0.05, 0.1) is 11.7 Å². The molecule has 1 saturated heterocycles. The molecule has 0 spiro atoms. The number of hydrogen-bond acceptors (Lipinski definition) is 4. The molecule has 2 aliphatic rings. The molecule has 1 unspecified atom stereocenters. The lowest BCUT2D eigenvalue weighted by molar-refractivity contribution is 0.0387. The molecule has 4 rings (SSSR count). The predicted octanol–water partition coefficient (Wildman–Crippen LogP) is 2.99. The van der Waals surface area contributed by atoms with Crippen LogP contribution in [-0.4, -0.2) is 30.3 Å². The van der Waals surface area contributed by atoms with Crippen molar-refractivity contribution in [2.75, 3.05) is 18.0 Å². The highest BCUT2D eigenvalue weighted by Gasteiger charge is 2.32. The van der Waals surface area contributed by atoms with Crippen molar-refractivity contribution < 1.29 is 23.4 Å². The number of rotatable bonds is 3. The largest absolute Gasteiger partial charge is 0.454 e. The lowest BCUT2D eigenvalue weighted by Crippen LogP contribution is -2.21. The third kappa shape index (κ3) is 3.09. The van der Waals surface area contributed by atoms with Crippen LogP contribution in [0.25, 0.3) is 0 Å². The van der Waals surface area contributed by atoms with Crippen molar-refractivity contribution in [1.29, 1.82) is 0 Å². The van der Waals surface area contributed by atoms with E-state index in [1.54, 1.807) is 6.07 Å². The highest BCUT2D eigenvalue weighted by Crippen LogP contribution is 2.36. The number of carbonyl (C=O) groups is 1. The summed E-state index contributed by atoms with van der Waals surface area (Å²) in [7, 11) is 0. The molecule has 4 nitrogen and oxygen atoms in total. The van der Waals surface area contributed by atoms with E-state index in [4.69, 9.17) is 4.74 Å². The van der Waals surface area contributed by atoms with Crippen molar-refractivity contribution in [2.24, 2.45) is 0 Å². The summed E-state index contributed by atoms with van der Waals surface area (Å²) in [5, 5.41) is 9.66. The number of aliphatic hydroxyl groups is 1. The Labute approximate surface area is 143 Å². The number of cyclic esters (lactones) is 1. The second-order valence-corrected chi connectivity index (χ2v) is 6.54. The molecule has 0 aliphatic carbocycles. The molecule has 0 saturated carbocycles. The summed E-state index contributed by atoms with van der Waals surface area (Å²) >= 11 is 0. The van der Waals surface area contributed by atoms with E-state index in [1.165, 1.54) is 12.1 Å². The summed E-state index contributed by atoms with van der Waals surface area (Å²) in [4.78, 5) is 14.2. The molecule has 2 atom stereocenters. The van der Waals surface area contributed by atoms with Crippen LogP contribution in [0, 0.1) is 11.6 Å². The monoisotopic (exact) mass is 345 g/mol. The summed E-state index contributed by atoms with van der Waals surface area (Å²) < 4.78 is 32.1. The van der Waals surface area contributed by atoms with Gasteiger partial charge in [0.15, 0.2) is 0 Å². The van der Waals surface area contributed by atoms with Crippen LogP contribution in [0.3, 0.4) is 0 Å². The second-order valence-electron chi connectivity index (χ2n) is 6.54.